The van der Waals surface area contributed by atoms with Gasteiger partial charge in [-0.05, 0) is 31.7 Å². The Balaban J connectivity index is 1.58. The summed E-state index contributed by atoms with van der Waals surface area (Å²) in [4.78, 5) is 31.0. The Bertz CT molecular complexity index is 652. The lowest BCUT2D eigenvalue weighted by molar-refractivity contribution is 0.0292. The van der Waals surface area contributed by atoms with Gasteiger partial charge in [0.25, 0.3) is 11.8 Å². The van der Waals surface area contributed by atoms with Gasteiger partial charge in [0.15, 0.2) is 6.23 Å². The van der Waals surface area contributed by atoms with Crippen molar-refractivity contribution in [2.75, 3.05) is 39.8 Å². The van der Waals surface area contributed by atoms with Gasteiger partial charge < -0.3 is 19.4 Å². The highest BCUT2D eigenvalue weighted by molar-refractivity contribution is 6.01. The molecule has 3 aliphatic heterocycles. The number of piperazine rings is 1. The Morgan fingerprint density at radius 2 is 1.96 bits per heavy atom. The number of rotatable bonds is 1. The van der Waals surface area contributed by atoms with Crippen LogP contribution in [0.1, 0.15) is 33.6 Å². The molecule has 4 rings (SSSR count). The van der Waals surface area contributed by atoms with Crippen LogP contribution in [0, 0.1) is 0 Å². The van der Waals surface area contributed by atoms with E-state index in [2.05, 4.69) is 11.9 Å². The smallest absolute Gasteiger partial charge is 0.260 e. The number of fused-ring (bicyclic) bond motifs is 2. The van der Waals surface area contributed by atoms with Gasteiger partial charge in [0, 0.05) is 44.7 Å². The molecule has 0 aliphatic carbocycles. The molecule has 122 valence electrons. The molecule has 0 aromatic heterocycles. The molecule has 3 heterocycles. The van der Waals surface area contributed by atoms with Gasteiger partial charge in [-0.25, -0.2) is 0 Å². The fourth-order valence-electron chi connectivity index (χ4n) is 3.51. The van der Waals surface area contributed by atoms with Crippen molar-refractivity contribution in [2.24, 2.45) is 0 Å². The number of nitrogens with zero attached hydrogens (tertiary/aromatic N) is 3. The topological polar surface area (TPSA) is 53.1 Å². The SMILES string of the molecule is CN1CCN(C(=O)c2ccc3c(c2)OC2CCCN2C3=O)CC1. The van der Waals surface area contributed by atoms with E-state index >= 15 is 0 Å². The number of carbonyl (C=O) groups excluding carboxylic acids is 2. The molecule has 2 fully saturated rings. The molecular weight excluding hydrogens is 294 g/mol. The molecule has 0 bridgehead atoms. The molecule has 2 saturated heterocycles. The standard InChI is InChI=1S/C17H21N3O3/c1-18-7-9-19(10-8-18)16(21)12-4-5-13-14(11-12)23-15-3-2-6-20(15)17(13)22/h4-5,11,15H,2-3,6-10H2,1H3. The second kappa shape index (κ2) is 5.53. The number of carbonyl (C=O) groups is 2. The van der Waals surface area contributed by atoms with Crippen LogP contribution in [0.5, 0.6) is 5.75 Å². The van der Waals surface area contributed by atoms with Crippen LogP contribution in [0.25, 0.3) is 0 Å². The summed E-state index contributed by atoms with van der Waals surface area (Å²) in [5, 5.41) is 0. The first-order chi connectivity index (χ1) is 11.1. The molecule has 2 amide bonds. The summed E-state index contributed by atoms with van der Waals surface area (Å²) in [6.45, 7) is 4.02. The summed E-state index contributed by atoms with van der Waals surface area (Å²) < 4.78 is 5.95. The Morgan fingerprint density at radius 3 is 2.74 bits per heavy atom. The predicted molar refractivity (Wildman–Crippen MR) is 84.5 cm³/mol. The number of ether oxygens (including phenoxy) is 1. The van der Waals surface area contributed by atoms with E-state index in [0.717, 1.165) is 45.6 Å². The normalized spacial score (nSPS) is 24.2. The van der Waals surface area contributed by atoms with Crippen molar-refractivity contribution in [3.8, 4) is 5.75 Å². The zero-order valence-electron chi connectivity index (χ0n) is 13.3. The molecule has 0 N–H and O–H groups in total. The average Bonchev–Trinajstić information content (AvgIpc) is 3.03. The number of hydrogen-bond acceptors (Lipinski definition) is 4. The highest BCUT2D eigenvalue weighted by Crippen LogP contribution is 2.33. The molecule has 3 aliphatic rings. The summed E-state index contributed by atoms with van der Waals surface area (Å²) in [6, 6.07) is 5.22. The zero-order chi connectivity index (χ0) is 16.0. The molecule has 23 heavy (non-hydrogen) atoms. The van der Waals surface area contributed by atoms with Crippen LogP contribution < -0.4 is 4.74 Å². The number of likely N-dealkylation sites (N-methyl/N-ethyl adjacent to an activating group) is 1. The zero-order valence-corrected chi connectivity index (χ0v) is 13.3. The summed E-state index contributed by atoms with van der Waals surface area (Å²) in [6.07, 6.45) is 1.67. The predicted octanol–water partition coefficient (Wildman–Crippen LogP) is 1.03. The lowest BCUT2D eigenvalue weighted by Crippen LogP contribution is -2.47. The minimum atomic E-state index is -0.163. The maximum atomic E-state index is 12.7. The summed E-state index contributed by atoms with van der Waals surface area (Å²) in [5.41, 5.74) is 1.17. The summed E-state index contributed by atoms with van der Waals surface area (Å²) in [7, 11) is 2.06. The molecule has 0 saturated carbocycles. The molecule has 6 nitrogen and oxygen atoms in total. The Kier molecular flexibility index (Phi) is 3.49. The molecule has 0 radical (unpaired) electrons. The van der Waals surface area contributed by atoms with Gasteiger partial charge in [-0.2, -0.15) is 0 Å². The third kappa shape index (κ3) is 2.47. The third-order valence-corrected chi connectivity index (χ3v) is 4.97. The van der Waals surface area contributed by atoms with Crippen molar-refractivity contribution in [3.05, 3.63) is 29.3 Å². The van der Waals surface area contributed by atoms with E-state index in [0.29, 0.717) is 16.9 Å². The van der Waals surface area contributed by atoms with Gasteiger partial charge in [0.1, 0.15) is 5.75 Å². The number of hydrogen-bond donors (Lipinski definition) is 0. The van der Waals surface area contributed by atoms with E-state index in [1.165, 1.54) is 0 Å². The number of benzene rings is 1. The second-order valence-electron chi connectivity index (χ2n) is 6.52. The highest BCUT2D eigenvalue weighted by Gasteiger charge is 2.37. The quantitative estimate of drug-likeness (QED) is 0.777. The van der Waals surface area contributed by atoms with Gasteiger partial charge in [-0.3, -0.25) is 9.59 Å². The van der Waals surface area contributed by atoms with E-state index in [9.17, 15) is 9.59 Å². The fourth-order valence-corrected chi connectivity index (χ4v) is 3.51. The molecule has 1 aromatic rings. The Hall–Kier alpha value is -2.08. The van der Waals surface area contributed by atoms with Crippen LogP contribution in [-0.2, 0) is 0 Å². The molecule has 1 unspecified atom stereocenters. The van der Waals surface area contributed by atoms with E-state index in [-0.39, 0.29) is 18.0 Å². The molecular formula is C17H21N3O3. The highest BCUT2D eigenvalue weighted by atomic mass is 16.5. The Labute approximate surface area is 135 Å². The van der Waals surface area contributed by atoms with Crippen molar-refractivity contribution in [1.29, 1.82) is 0 Å². The van der Waals surface area contributed by atoms with Crippen molar-refractivity contribution < 1.29 is 14.3 Å². The van der Waals surface area contributed by atoms with Gasteiger partial charge >= 0.3 is 0 Å². The van der Waals surface area contributed by atoms with Gasteiger partial charge in [-0.15, -0.1) is 0 Å². The van der Waals surface area contributed by atoms with Gasteiger partial charge in [0.2, 0.25) is 0 Å². The maximum Gasteiger partial charge on any atom is 0.260 e. The lowest BCUT2D eigenvalue weighted by Gasteiger charge is -2.33. The molecule has 6 heteroatoms. The second-order valence-corrected chi connectivity index (χ2v) is 6.52. The monoisotopic (exact) mass is 315 g/mol. The van der Waals surface area contributed by atoms with Gasteiger partial charge in [-0.1, -0.05) is 0 Å². The number of amides is 2. The first-order valence-corrected chi connectivity index (χ1v) is 8.23. The van der Waals surface area contributed by atoms with E-state index < -0.39 is 0 Å². The van der Waals surface area contributed by atoms with E-state index in [1.54, 1.807) is 23.1 Å². The average molecular weight is 315 g/mol. The Morgan fingerprint density at radius 1 is 1.17 bits per heavy atom. The first-order valence-electron chi connectivity index (χ1n) is 8.23. The van der Waals surface area contributed by atoms with Crippen molar-refractivity contribution in [1.82, 2.24) is 14.7 Å². The summed E-state index contributed by atoms with van der Waals surface area (Å²) in [5.74, 6) is 0.594. The molecule has 1 aromatic carbocycles. The first kappa shape index (κ1) is 14.5. The van der Waals surface area contributed by atoms with Crippen LogP contribution in [0.4, 0.5) is 0 Å². The minimum absolute atomic E-state index is 0.0193. The largest absolute Gasteiger partial charge is 0.470 e. The lowest BCUT2D eigenvalue weighted by atomic mass is 10.1. The fraction of sp³-hybridized carbons (Fsp3) is 0.529. The molecule has 1 atom stereocenters. The summed E-state index contributed by atoms with van der Waals surface area (Å²) >= 11 is 0. The molecule has 0 spiro atoms. The van der Waals surface area contributed by atoms with Crippen molar-refractivity contribution in [3.63, 3.8) is 0 Å². The van der Waals surface area contributed by atoms with E-state index in [4.69, 9.17) is 4.74 Å². The minimum Gasteiger partial charge on any atom is -0.470 e. The van der Waals surface area contributed by atoms with Gasteiger partial charge in [0.05, 0.1) is 5.56 Å². The third-order valence-electron chi connectivity index (χ3n) is 4.97. The maximum absolute atomic E-state index is 12.7. The van der Waals surface area contributed by atoms with Crippen LogP contribution in [-0.4, -0.2) is 72.5 Å². The van der Waals surface area contributed by atoms with Crippen LogP contribution >= 0.6 is 0 Å². The van der Waals surface area contributed by atoms with Crippen LogP contribution in [0.2, 0.25) is 0 Å². The van der Waals surface area contributed by atoms with Crippen LogP contribution in [0.15, 0.2) is 18.2 Å². The van der Waals surface area contributed by atoms with Crippen molar-refractivity contribution in [2.45, 2.75) is 19.1 Å². The van der Waals surface area contributed by atoms with Crippen molar-refractivity contribution >= 4 is 11.8 Å². The van der Waals surface area contributed by atoms with E-state index in [1.807, 2.05) is 4.90 Å². The van der Waals surface area contributed by atoms with Crippen LogP contribution in [0.3, 0.4) is 0 Å².